The van der Waals surface area contributed by atoms with Crippen molar-refractivity contribution in [2.24, 2.45) is 5.92 Å². The van der Waals surface area contributed by atoms with Crippen LogP contribution in [0.1, 0.15) is 29.0 Å². The van der Waals surface area contributed by atoms with E-state index in [0.717, 1.165) is 18.9 Å². The summed E-state index contributed by atoms with van der Waals surface area (Å²) < 4.78 is 41.0. The number of aromatic nitrogens is 2. The summed E-state index contributed by atoms with van der Waals surface area (Å²) in [7, 11) is 0. The molecule has 1 fully saturated rings. The SMILES string of the molecule is O=C1c2nc3cccc(C(F)(F)F)c3n2CCN1CC1CC1. The average Bonchev–Trinajstić information content (AvgIpc) is 3.19. The number of rotatable bonds is 2. The predicted octanol–water partition coefficient (Wildman–Crippen LogP) is 2.92. The lowest BCUT2D eigenvalue weighted by atomic mass is 10.1. The van der Waals surface area contributed by atoms with Crippen molar-refractivity contribution in [2.75, 3.05) is 13.1 Å². The Balaban J connectivity index is 1.82. The number of para-hydroxylation sites is 1. The van der Waals surface area contributed by atoms with Crippen LogP contribution in [0.3, 0.4) is 0 Å². The highest BCUT2D eigenvalue weighted by atomic mass is 19.4. The number of hydrogen-bond donors (Lipinski definition) is 0. The number of carbonyl (C=O) groups is 1. The van der Waals surface area contributed by atoms with Gasteiger partial charge in [-0.15, -0.1) is 0 Å². The third-order valence-corrected chi connectivity index (χ3v) is 4.32. The third kappa shape index (κ3) is 2.07. The number of nitrogens with zero attached hydrogens (tertiary/aromatic N) is 3. The molecule has 2 aromatic rings. The molecule has 0 unspecified atom stereocenters. The summed E-state index contributed by atoms with van der Waals surface area (Å²) in [5, 5.41) is 0. The molecule has 0 spiro atoms. The van der Waals surface area contributed by atoms with Crippen LogP contribution in [0, 0.1) is 5.92 Å². The van der Waals surface area contributed by atoms with Crippen molar-refractivity contribution in [3.05, 3.63) is 29.6 Å². The molecule has 7 heteroatoms. The molecular formula is C15H14F3N3O. The quantitative estimate of drug-likeness (QED) is 0.855. The van der Waals surface area contributed by atoms with Gasteiger partial charge in [-0.05, 0) is 30.9 Å². The summed E-state index contributed by atoms with van der Waals surface area (Å²) in [6, 6.07) is 3.89. The van der Waals surface area contributed by atoms with Crippen LogP contribution in [0.25, 0.3) is 11.0 Å². The van der Waals surface area contributed by atoms with Crippen LogP contribution < -0.4 is 0 Å². The van der Waals surface area contributed by atoms with E-state index < -0.39 is 11.7 Å². The van der Waals surface area contributed by atoms with Crippen molar-refractivity contribution < 1.29 is 18.0 Å². The van der Waals surface area contributed by atoms with Crippen molar-refractivity contribution in [2.45, 2.75) is 25.6 Å². The number of carbonyl (C=O) groups excluding carboxylic acids is 1. The van der Waals surface area contributed by atoms with E-state index in [0.29, 0.717) is 25.6 Å². The van der Waals surface area contributed by atoms with E-state index in [9.17, 15) is 18.0 Å². The molecule has 1 aromatic heterocycles. The minimum atomic E-state index is -4.45. The number of halogens is 3. The van der Waals surface area contributed by atoms with Crippen LogP contribution in [0.2, 0.25) is 0 Å². The van der Waals surface area contributed by atoms with E-state index >= 15 is 0 Å². The first-order valence-corrected chi connectivity index (χ1v) is 7.31. The van der Waals surface area contributed by atoms with Crippen molar-refractivity contribution in [1.82, 2.24) is 14.5 Å². The molecule has 1 aliphatic heterocycles. The van der Waals surface area contributed by atoms with Crippen LogP contribution in [0.5, 0.6) is 0 Å². The Labute approximate surface area is 124 Å². The fourth-order valence-electron chi connectivity index (χ4n) is 3.05. The topological polar surface area (TPSA) is 38.1 Å². The van der Waals surface area contributed by atoms with Gasteiger partial charge in [-0.2, -0.15) is 13.2 Å². The van der Waals surface area contributed by atoms with E-state index in [-0.39, 0.29) is 22.8 Å². The van der Waals surface area contributed by atoms with Gasteiger partial charge < -0.3 is 9.47 Å². The van der Waals surface area contributed by atoms with Gasteiger partial charge in [0.1, 0.15) is 0 Å². The van der Waals surface area contributed by atoms with Crippen molar-refractivity contribution >= 4 is 16.9 Å². The maximum atomic E-state index is 13.2. The second-order valence-electron chi connectivity index (χ2n) is 5.95. The lowest BCUT2D eigenvalue weighted by molar-refractivity contribution is -0.136. The second-order valence-corrected chi connectivity index (χ2v) is 5.95. The number of imidazole rings is 1. The molecule has 1 aliphatic carbocycles. The van der Waals surface area contributed by atoms with Crippen LogP contribution in [-0.4, -0.2) is 33.4 Å². The van der Waals surface area contributed by atoms with Crippen LogP contribution in [-0.2, 0) is 12.7 Å². The highest BCUT2D eigenvalue weighted by Crippen LogP contribution is 2.36. The highest BCUT2D eigenvalue weighted by molar-refractivity contribution is 5.96. The number of fused-ring (bicyclic) bond motifs is 3. The average molecular weight is 309 g/mol. The first-order chi connectivity index (χ1) is 10.4. The zero-order valence-electron chi connectivity index (χ0n) is 11.7. The van der Waals surface area contributed by atoms with E-state index in [1.807, 2.05) is 0 Å². The van der Waals surface area contributed by atoms with E-state index in [2.05, 4.69) is 4.98 Å². The number of alkyl halides is 3. The first kappa shape index (κ1) is 13.6. The van der Waals surface area contributed by atoms with Crippen LogP contribution >= 0.6 is 0 Å². The summed E-state index contributed by atoms with van der Waals surface area (Å²) in [4.78, 5) is 18.3. The van der Waals surface area contributed by atoms with Gasteiger partial charge in [0.05, 0.1) is 16.6 Å². The fraction of sp³-hybridized carbons (Fsp3) is 0.467. The standard InChI is InChI=1S/C15H14F3N3O/c16-15(17,18)10-2-1-3-11-12(10)21-7-6-20(8-9-4-5-9)14(22)13(21)19-11/h1-3,9H,4-8H2. The Hall–Kier alpha value is -2.05. The van der Waals surface area contributed by atoms with E-state index in [4.69, 9.17) is 0 Å². The van der Waals surface area contributed by atoms with Gasteiger partial charge in [0.15, 0.2) is 5.82 Å². The van der Waals surface area contributed by atoms with Gasteiger partial charge in [-0.1, -0.05) is 6.07 Å². The normalized spacial score (nSPS) is 18.9. The van der Waals surface area contributed by atoms with Gasteiger partial charge in [0, 0.05) is 19.6 Å². The Morgan fingerprint density at radius 1 is 1.23 bits per heavy atom. The largest absolute Gasteiger partial charge is 0.418 e. The minimum absolute atomic E-state index is 0.0180. The molecule has 4 nitrogen and oxygen atoms in total. The fourth-order valence-corrected chi connectivity index (χ4v) is 3.05. The zero-order chi connectivity index (χ0) is 15.5. The lowest BCUT2D eigenvalue weighted by Gasteiger charge is -2.28. The summed E-state index contributed by atoms with van der Waals surface area (Å²) in [5.41, 5.74) is -0.483. The molecule has 0 atom stereocenters. The second kappa shape index (κ2) is 4.47. The summed E-state index contributed by atoms with van der Waals surface area (Å²) in [6.45, 7) is 1.49. The van der Waals surface area contributed by atoms with Crippen molar-refractivity contribution in [3.8, 4) is 0 Å². The van der Waals surface area contributed by atoms with E-state index in [1.165, 1.54) is 16.7 Å². The van der Waals surface area contributed by atoms with Crippen molar-refractivity contribution in [1.29, 1.82) is 0 Å². The molecule has 0 N–H and O–H groups in total. The molecular weight excluding hydrogens is 295 g/mol. The Bertz CT molecular complexity index is 761. The maximum absolute atomic E-state index is 13.2. The Morgan fingerprint density at radius 3 is 2.68 bits per heavy atom. The van der Waals surface area contributed by atoms with Gasteiger partial charge in [-0.3, -0.25) is 4.79 Å². The third-order valence-electron chi connectivity index (χ3n) is 4.32. The molecule has 1 amide bonds. The predicted molar refractivity (Wildman–Crippen MR) is 73.4 cm³/mol. The first-order valence-electron chi connectivity index (χ1n) is 7.31. The van der Waals surface area contributed by atoms with Crippen molar-refractivity contribution in [3.63, 3.8) is 0 Å². The van der Waals surface area contributed by atoms with E-state index in [1.54, 1.807) is 4.90 Å². The molecule has 0 radical (unpaired) electrons. The van der Waals surface area contributed by atoms with Crippen LogP contribution in [0.15, 0.2) is 18.2 Å². The molecule has 2 aliphatic rings. The molecule has 1 saturated carbocycles. The number of benzene rings is 1. The van der Waals surface area contributed by atoms with Gasteiger partial charge in [-0.25, -0.2) is 4.98 Å². The summed E-state index contributed by atoms with van der Waals surface area (Å²) in [5.74, 6) is 0.409. The Kier molecular flexibility index (Phi) is 2.76. The van der Waals surface area contributed by atoms with Gasteiger partial charge in [0.2, 0.25) is 0 Å². The monoisotopic (exact) mass is 309 g/mol. The smallest absolute Gasteiger partial charge is 0.334 e. The van der Waals surface area contributed by atoms with Gasteiger partial charge >= 0.3 is 6.18 Å². The molecule has 116 valence electrons. The van der Waals surface area contributed by atoms with Crippen LogP contribution in [0.4, 0.5) is 13.2 Å². The molecule has 2 heterocycles. The van der Waals surface area contributed by atoms with Gasteiger partial charge in [0.25, 0.3) is 5.91 Å². The summed E-state index contributed by atoms with van der Waals surface area (Å²) in [6.07, 6.45) is -2.21. The zero-order valence-corrected chi connectivity index (χ0v) is 11.7. The lowest BCUT2D eigenvalue weighted by Crippen LogP contribution is -2.41. The molecule has 1 aromatic carbocycles. The maximum Gasteiger partial charge on any atom is 0.418 e. The molecule has 0 saturated heterocycles. The number of amides is 1. The Morgan fingerprint density at radius 2 is 2.00 bits per heavy atom. The molecule has 22 heavy (non-hydrogen) atoms. The minimum Gasteiger partial charge on any atom is -0.334 e. The molecule has 4 rings (SSSR count). The summed E-state index contributed by atoms with van der Waals surface area (Å²) >= 11 is 0. The highest BCUT2D eigenvalue weighted by Gasteiger charge is 2.37. The molecule has 0 bridgehead atoms. The number of hydrogen-bond acceptors (Lipinski definition) is 2.